The summed E-state index contributed by atoms with van der Waals surface area (Å²) in [5, 5.41) is 0. The highest BCUT2D eigenvalue weighted by Gasteiger charge is 2.12. The van der Waals surface area contributed by atoms with Gasteiger partial charge in [-0.25, -0.2) is 4.98 Å². The summed E-state index contributed by atoms with van der Waals surface area (Å²) >= 11 is 0. The van der Waals surface area contributed by atoms with E-state index in [4.69, 9.17) is 11.5 Å². The van der Waals surface area contributed by atoms with Gasteiger partial charge < -0.3 is 11.5 Å². The molecule has 1 heterocycles. The van der Waals surface area contributed by atoms with Crippen LogP contribution in [0, 0.1) is 6.92 Å². The van der Waals surface area contributed by atoms with Crippen LogP contribution in [0.2, 0.25) is 0 Å². The minimum atomic E-state index is -0.267. The first-order valence-corrected chi connectivity index (χ1v) is 4.18. The van der Waals surface area contributed by atoms with E-state index in [0.717, 1.165) is 0 Å². The molecule has 15 heavy (non-hydrogen) atoms. The van der Waals surface area contributed by atoms with Crippen LogP contribution in [0.15, 0.2) is 4.79 Å². The molecule has 1 atom stereocenters. The van der Waals surface area contributed by atoms with Gasteiger partial charge in [0.05, 0.1) is 11.3 Å². The molecule has 0 aliphatic carbocycles. The molecule has 0 bridgehead atoms. The van der Waals surface area contributed by atoms with Crippen LogP contribution in [-0.2, 0) is 0 Å². The lowest BCUT2D eigenvalue weighted by Gasteiger charge is -2.10. The quantitative estimate of drug-likeness (QED) is 0.731. The number of aryl methyl sites for hydroxylation is 1. The van der Waals surface area contributed by atoms with Crippen molar-refractivity contribution in [2.75, 3.05) is 5.73 Å². The van der Waals surface area contributed by atoms with Crippen molar-refractivity contribution in [1.82, 2.24) is 9.97 Å². The normalized spacial score (nSPS) is 11.1. The molecule has 0 fully saturated rings. The lowest BCUT2D eigenvalue weighted by Crippen LogP contribution is -2.25. The molecule has 0 aromatic carbocycles. The molecule has 0 spiro atoms. The van der Waals surface area contributed by atoms with E-state index < -0.39 is 0 Å². The Morgan fingerprint density at radius 2 is 2.00 bits per heavy atom. The van der Waals surface area contributed by atoms with Gasteiger partial charge in [0, 0.05) is 6.04 Å². The van der Waals surface area contributed by atoms with E-state index in [1.54, 1.807) is 6.92 Å². The van der Waals surface area contributed by atoms with Gasteiger partial charge in [-0.3, -0.25) is 9.78 Å². The van der Waals surface area contributed by atoms with Crippen molar-refractivity contribution in [3.63, 3.8) is 0 Å². The van der Waals surface area contributed by atoms with Crippen molar-refractivity contribution in [3.8, 4) is 0 Å². The molecule has 0 aliphatic heterocycles. The number of halogens is 2. The van der Waals surface area contributed by atoms with Gasteiger partial charge in [0.1, 0.15) is 0 Å². The monoisotopic (exact) mass is 254 g/mol. The summed E-state index contributed by atoms with van der Waals surface area (Å²) in [4.78, 5) is 17.8. The van der Waals surface area contributed by atoms with E-state index in [1.165, 1.54) is 0 Å². The Hall–Kier alpha value is -0.780. The highest BCUT2D eigenvalue weighted by atomic mass is 35.5. The molecule has 7 heteroatoms. The average molecular weight is 255 g/mol. The van der Waals surface area contributed by atoms with E-state index in [9.17, 15) is 4.79 Å². The maximum Gasteiger partial charge on any atom is 0.257 e. The molecule has 5 nitrogen and oxygen atoms in total. The number of anilines is 1. The largest absolute Gasteiger partial charge is 0.369 e. The minimum Gasteiger partial charge on any atom is -0.369 e. The SMILES string of the molecule is CCC(N)c1c(C)nc(N)[nH]c1=O.Cl.Cl. The predicted molar refractivity (Wildman–Crippen MR) is 65.7 cm³/mol. The van der Waals surface area contributed by atoms with Crippen LogP contribution >= 0.6 is 24.8 Å². The van der Waals surface area contributed by atoms with Gasteiger partial charge in [-0.05, 0) is 13.3 Å². The van der Waals surface area contributed by atoms with Gasteiger partial charge >= 0.3 is 0 Å². The van der Waals surface area contributed by atoms with Crippen LogP contribution in [-0.4, -0.2) is 9.97 Å². The van der Waals surface area contributed by atoms with E-state index in [0.29, 0.717) is 17.7 Å². The summed E-state index contributed by atoms with van der Waals surface area (Å²) in [5.41, 5.74) is 12.0. The summed E-state index contributed by atoms with van der Waals surface area (Å²) in [6.45, 7) is 3.65. The zero-order chi connectivity index (χ0) is 10.0. The molecule has 0 saturated heterocycles. The maximum absolute atomic E-state index is 11.4. The number of hydrogen-bond acceptors (Lipinski definition) is 4. The molecule has 5 N–H and O–H groups in total. The first-order chi connectivity index (χ1) is 6.06. The fourth-order valence-electron chi connectivity index (χ4n) is 1.26. The number of nitrogen functional groups attached to an aromatic ring is 1. The number of aromatic nitrogens is 2. The Bertz CT molecular complexity index is 366. The van der Waals surface area contributed by atoms with Gasteiger partial charge in [-0.2, -0.15) is 0 Å². The molecule has 88 valence electrons. The Morgan fingerprint density at radius 1 is 1.47 bits per heavy atom. The average Bonchev–Trinajstić information content (AvgIpc) is 2.02. The number of rotatable bonds is 2. The molecule has 0 amide bonds. The summed E-state index contributed by atoms with van der Waals surface area (Å²) in [6, 6.07) is -0.267. The predicted octanol–water partition coefficient (Wildman–Crippen LogP) is 0.914. The van der Waals surface area contributed by atoms with Crippen molar-refractivity contribution in [2.45, 2.75) is 26.3 Å². The smallest absolute Gasteiger partial charge is 0.257 e. The molecule has 0 radical (unpaired) electrons. The topological polar surface area (TPSA) is 97.8 Å². The highest BCUT2D eigenvalue weighted by molar-refractivity contribution is 5.85. The second kappa shape index (κ2) is 6.66. The molecule has 0 saturated carbocycles. The number of H-pyrrole nitrogens is 1. The van der Waals surface area contributed by atoms with Gasteiger partial charge in [-0.15, -0.1) is 24.8 Å². The summed E-state index contributed by atoms with van der Waals surface area (Å²) in [7, 11) is 0. The Balaban J connectivity index is 0. The van der Waals surface area contributed by atoms with E-state index in [-0.39, 0.29) is 42.4 Å². The minimum absolute atomic E-state index is 0. The van der Waals surface area contributed by atoms with Crippen LogP contribution < -0.4 is 17.0 Å². The zero-order valence-corrected chi connectivity index (χ0v) is 10.2. The van der Waals surface area contributed by atoms with Gasteiger partial charge in [0.2, 0.25) is 5.95 Å². The first-order valence-electron chi connectivity index (χ1n) is 4.18. The standard InChI is InChI=1S/C8H14N4O.2ClH/c1-3-5(9)6-4(2)11-8(10)12-7(6)13;;/h5H,3,9H2,1-2H3,(H3,10,11,12,13);2*1H. The molecule has 1 rings (SSSR count). The second-order valence-corrected chi connectivity index (χ2v) is 2.96. The number of hydrogen-bond donors (Lipinski definition) is 3. The second-order valence-electron chi connectivity index (χ2n) is 2.96. The van der Waals surface area contributed by atoms with Crippen molar-refractivity contribution in [1.29, 1.82) is 0 Å². The summed E-state index contributed by atoms with van der Waals surface area (Å²) < 4.78 is 0. The molecule has 1 unspecified atom stereocenters. The van der Waals surface area contributed by atoms with Crippen LogP contribution in [0.4, 0.5) is 5.95 Å². The van der Waals surface area contributed by atoms with Gasteiger partial charge in [0.15, 0.2) is 0 Å². The van der Waals surface area contributed by atoms with Crippen LogP contribution in [0.1, 0.15) is 30.6 Å². The van der Waals surface area contributed by atoms with Crippen LogP contribution in [0.3, 0.4) is 0 Å². The Kier molecular flexibility index (Phi) is 7.39. The van der Waals surface area contributed by atoms with Crippen molar-refractivity contribution in [3.05, 3.63) is 21.6 Å². The van der Waals surface area contributed by atoms with Gasteiger partial charge in [-0.1, -0.05) is 6.92 Å². The lowest BCUT2D eigenvalue weighted by atomic mass is 10.1. The number of nitrogens with one attached hydrogen (secondary N) is 1. The lowest BCUT2D eigenvalue weighted by molar-refractivity contribution is 0.677. The molecule has 1 aromatic rings. The van der Waals surface area contributed by atoms with Crippen molar-refractivity contribution < 1.29 is 0 Å². The third-order valence-corrected chi connectivity index (χ3v) is 1.97. The maximum atomic E-state index is 11.4. The molecule has 1 aromatic heterocycles. The summed E-state index contributed by atoms with van der Waals surface area (Å²) in [6.07, 6.45) is 0.704. The van der Waals surface area contributed by atoms with Crippen LogP contribution in [0.25, 0.3) is 0 Å². The highest BCUT2D eigenvalue weighted by Crippen LogP contribution is 2.11. The van der Waals surface area contributed by atoms with Gasteiger partial charge in [0.25, 0.3) is 5.56 Å². The molecular formula is C8H16Cl2N4O. The van der Waals surface area contributed by atoms with E-state index in [1.807, 2.05) is 6.92 Å². The Morgan fingerprint density at radius 3 is 2.40 bits per heavy atom. The van der Waals surface area contributed by atoms with Crippen molar-refractivity contribution >= 4 is 30.8 Å². The Labute approximate surface area is 100 Å². The third-order valence-electron chi connectivity index (χ3n) is 1.97. The number of nitrogens with zero attached hydrogens (tertiary/aromatic N) is 1. The van der Waals surface area contributed by atoms with E-state index >= 15 is 0 Å². The first kappa shape index (κ1) is 16.6. The number of nitrogens with two attached hydrogens (primary N) is 2. The summed E-state index contributed by atoms with van der Waals surface area (Å²) in [5.74, 6) is 0.134. The third kappa shape index (κ3) is 3.70. The van der Waals surface area contributed by atoms with Crippen LogP contribution in [0.5, 0.6) is 0 Å². The molecule has 0 aliphatic rings. The van der Waals surface area contributed by atoms with Crippen molar-refractivity contribution in [2.24, 2.45) is 5.73 Å². The fourth-order valence-corrected chi connectivity index (χ4v) is 1.26. The van der Waals surface area contributed by atoms with E-state index in [2.05, 4.69) is 9.97 Å². The number of aromatic amines is 1. The fraction of sp³-hybridized carbons (Fsp3) is 0.500. The molecular weight excluding hydrogens is 239 g/mol. The zero-order valence-electron chi connectivity index (χ0n) is 8.61.